The van der Waals surface area contributed by atoms with E-state index in [2.05, 4.69) is 51.9 Å². The summed E-state index contributed by atoms with van der Waals surface area (Å²) in [4.78, 5) is 14.0. The minimum absolute atomic E-state index is 0.00846. The Hall–Kier alpha value is -0.850. The summed E-state index contributed by atoms with van der Waals surface area (Å²) < 4.78 is 18.1. The van der Waals surface area contributed by atoms with Gasteiger partial charge in [0.05, 0.1) is 18.6 Å². The number of hydrogen-bond acceptors (Lipinski definition) is 5. The summed E-state index contributed by atoms with van der Waals surface area (Å²) in [6.07, 6.45) is 2.13. The molecule has 2 aliphatic rings. The Labute approximate surface area is 152 Å². The number of hydrogen-bond donors (Lipinski definition) is 1. The molecule has 0 unspecified atom stereocenters. The molecule has 1 amide bonds. The summed E-state index contributed by atoms with van der Waals surface area (Å²) in [5, 5.41) is 2.66. The van der Waals surface area contributed by atoms with E-state index in [9.17, 15) is 4.79 Å². The lowest BCUT2D eigenvalue weighted by Crippen LogP contribution is -2.67. The third-order valence-corrected chi connectivity index (χ3v) is 6.08. The number of nitrogens with one attached hydrogen (secondary N) is 1. The number of carbonyl (C=O) groups is 1. The molecule has 0 aromatic carbocycles. The zero-order valence-electron chi connectivity index (χ0n) is 17.0. The maximum absolute atomic E-state index is 11.6. The van der Waals surface area contributed by atoms with Crippen LogP contribution in [-0.4, -0.2) is 61.3 Å². The van der Waals surface area contributed by atoms with E-state index in [0.717, 1.165) is 19.3 Å². The fourth-order valence-corrected chi connectivity index (χ4v) is 4.10. The standard InChI is InChI=1S/C19H36N2O4/c1-8-18(12-23-15(22)20-9-2)13-24-19(25-14-18)10-16(3,4)21(7)17(5,6)11-19/h8-14H2,1-7H3,(H,20,22). The summed E-state index contributed by atoms with van der Waals surface area (Å²) in [7, 11) is 2.17. The first-order valence-corrected chi connectivity index (χ1v) is 9.42. The molecule has 25 heavy (non-hydrogen) atoms. The normalized spacial score (nSPS) is 27.0. The molecule has 0 aliphatic carbocycles. The van der Waals surface area contributed by atoms with E-state index < -0.39 is 5.79 Å². The number of alkyl carbamates (subject to hydrolysis) is 1. The second-order valence-electron chi connectivity index (χ2n) is 8.99. The fourth-order valence-electron chi connectivity index (χ4n) is 4.10. The highest BCUT2D eigenvalue weighted by Gasteiger charge is 2.55. The van der Waals surface area contributed by atoms with Crippen molar-refractivity contribution in [2.24, 2.45) is 5.41 Å². The molecule has 1 spiro atoms. The molecule has 0 aromatic rings. The van der Waals surface area contributed by atoms with E-state index in [-0.39, 0.29) is 22.6 Å². The largest absolute Gasteiger partial charge is 0.449 e. The lowest BCUT2D eigenvalue weighted by molar-refractivity contribution is -0.344. The number of carbonyl (C=O) groups excluding carboxylic acids is 1. The summed E-state index contributed by atoms with van der Waals surface area (Å²) in [6, 6.07) is 0. The van der Waals surface area contributed by atoms with E-state index in [0.29, 0.717) is 26.4 Å². The second-order valence-corrected chi connectivity index (χ2v) is 8.99. The van der Waals surface area contributed by atoms with Crippen LogP contribution in [0.2, 0.25) is 0 Å². The molecule has 146 valence electrons. The van der Waals surface area contributed by atoms with Crippen LogP contribution in [0.3, 0.4) is 0 Å². The van der Waals surface area contributed by atoms with Crippen LogP contribution in [-0.2, 0) is 14.2 Å². The molecule has 2 rings (SSSR count). The second kappa shape index (κ2) is 7.05. The van der Waals surface area contributed by atoms with Gasteiger partial charge in [0.15, 0.2) is 5.79 Å². The Bertz CT molecular complexity index is 462. The number of piperidine rings is 1. The van der Waals surface area contributed by atoms with Crippen LogP contribution in [0.5, 0.6) is 0 Å². The summed E-state index contributed by atoms with van der Waals surface area (Å²) in [6.45, 7) is 14.9. The van der Waals surface area contributed by atoms with Crippen molar-refractivity contribution in [1.82, 2.24) is 10.2 Å². The van der Waals surface area contributed by atoms with E-state index in [4.69, 9.17) is 14.2 Å². The monoisotopic (exact) mass is 356 g/mol. The minimum atomic E-state index is -0.552. The van der Waals surface area contributed by atoms with Gasteiger partial charge >= 0.3 is 6.09 Å². The molecule has 6 heteroatoms. The fraction of sp³-hybridized carbons (Fsp3) is 0.947. The van der Waals surface area contributed by atoms with Crippen molar-refractivity contribution in [3.63, 3.8) is 0 Å². The summed E-state index contributed by atoms with van der Waals surface area (Å²) in [5.41, 5.74) is -0.287. The lowest BCUT2D eigenvalue weighted by Gasteiger charge is -2.59. The van der Waals surface area contributed by atoms with E-state index >= 15 is 0 Å². The molecule has 6 nitrogen and oxygen atoms in total. The molecule has 0 radical (unpaired) electrons. The predicted molar refractivity (Wildman–Crippen MR) is 97.5 cm³/mol. The molecule has 2 aliphatic heterocycles. The number of ether oxygens (including phenoxy) is 3. The van der Waals surface area contributed by atoms with E-state index in [1.165, 1.54) is 0 Å². The Morgan fingerprint density at radius 1 is 1.08 bits per heavy atom. The van der Waals surface area contributed by atoms with Crippen LogP contribution in [0.15, 0.2) is 0 Å². The van der Waals surface area contributed by atoms with Gasteiger partial charge in [0.2, 0.25) is 0 Å². The Balaban J connectivity index is 2.05. The minimum Gasteiger partial charge on any atom is -0.449 e. The quantitative estimate of drug-likeness (QED) is 0.838. The molecule has 2 heterocycles. The molecular formula is C19H36N2O4. The highest BCUT2D eigenvalue weighted by molar-refractivity contribution is 5.67. The van der Waals surface area contributed by atoms with Crippen molar-refractivity contribution < 1.29 is 19.0 Å². The molecule has 1 N–H and O–H groups in total. The van der Waals surface area contributed by atoms with Gasteiger partial charge in [0.1, 0.15) is 6.61 Å². The molecule has 0 atom stereocenters. The van der Waals surface area contributed by atoms with Crippen molar-refractivity contribution in [1.29, 1.82) is 0 Å². The Morgan fingerprint density at radius 2 is 1.60 bits per heavy atom. The van der Waals surface area contributed by atoms with Gasteiger partial charge < -0.3 is 19.5 Å². The number of amides is 1. The van der Waals surface area contributed by atoms with Crippen LogP contribution < -0.4 is 5.32 Å². The first-order valence-electron chi connectivity index (χ1n) is 9.42. The van der Waals surface area contributed by atoms with Crippen LogP contribution in [0.25, 0.3) is 0 Å². The van der Waals surface area contributed by atoms with E-state index in [1.54, 1.807) is 0 Å². The number of rotatable bonds is 4. The average molecular weight is 357 g/mol. The summed E-state index contributed by atoms with van der Waals surface area (Å²) >= 11 is 0. The predicted octanol–water partition coefficient (Wildman–Crippen LogP) is 3.15. The van der Waals surface area contributed by atoms with Gasteiger partial charge in [-0.25, -0.2) is 4.79 Å². The zero-order chi connectivity index (χ0) is 18.9. The molecule has 0 bridgehead atoms. The Morgan fingerprint density at radius 3 is 2.04 bits per heavy atom. The SMILES string of the molecule is CCNC(=O)OCC1(CC)COC2(CC(C)(C)N(C)C(C)(C)C2)OC1. The maximum atomic E-state index is 11.6. The van der Waals surface area contributed by atoms with Gasteiger partial charge in [-0.2, -0.15) is 0 Å². The van der Waals surface area contributed by atoms with Crippen molar-refractivity contribution in [3.05, 3.63) is 0 Å². The molecule has 2 fully saturated rings. The van der Waals surface area contributed by atoms with Crippen LogP contribution >= 0.6 is 0 Å². The third-order valence-electron chi connectivity index (χ3n) is 6.08. The molecule has 0 aromatic heterocycles. The maximum Gasteiger partial charge on any atom is 0.407 e. The number of likely N-dealkylation sites (tertiary alicyclic amines) is 1. The van der Waals surface area contributed by atoms with E-state index in [1.807, 2.05) is 6.92 Å². The summed E-state index contributed by atoms with van der Waals surface area (Å²) in [5.74, 6) is -0.552. The molecule has 2 saturated heterocycles. The highest BCUT2D eigenvalue weighted by atomic mass is 16.7. The number of nitrogens with zero attached hydrogens (tertiary/aromatic N) is 1. The van der Waals surface area contributed by atoms with Gasteiger partial charge in [0.25, 0.3) is 0 Å². The van der Waals surface area contributed by atoms with Gasteiger partial charge in [0, 0.05) is 30.5 Å². The smallest absolute Gasteiger partial charge is 0.407 e. The van der Waals surface area contributed by atoms with Crippen LogP contribution in [0.1, 0.15) is 60.8 Å². The third kappa shape index (κ3) is 4.29. The first kappa shape index (κ1) is 20.5. The molecule has 0 saturated carbocycles. The molecular weight excluding hydrogens is 320 g/mol. The van der Waals surface area contributed by atoms with Gasteiger partial charge in [-0.05, 0) is 48.1 Å². The topological polar surface area (TPSA) is 60.0 Å². The van der Waals surface area contributed by atoms with Gasteiger partial charge in [-0.3, -0.25) is 4.90 Å². The van der Waals surface area contributed by atoms with Crippen molar-refractivity contribution in [3.8, 4) is 0 Å². The Kier molecular flexibility index (Phi) is 5.77. The van der Waals surface area contributed by atoms with Crippen molar-refractivity contribution in [2.75, 3.05) is 33.4 Å². The zero-order valence-corrected chi connectivity index (χ0v) is 17.0. The van der Waals surface area contributed by atoms with Crippen LogP contribution in [0.4, 0.5) is 4.79 Å². The van der Waals surface area contributed by atoms with Crippen molar-refractivity contribution >= 4 is 6.09 Å². The van der Waals surface area contributed by atoms with Crippen LogP contribution in [0, 0.1) is 5.41 Å². The van der Waals surface area contributed by atoms with Gasteiger partial charge in [-0.15, -0.1) is 0 Å². The average Bonchev–Trinajstić information content (AvgIpc) is 2.52. The van der Waals surface area contributed by atoms with Gasteiger partial charge in [-0.1, -0.05) is 6.92 Å². The lowest BCUT2D eigenvalue weighted by atomic mass is 9.75. The van der Waals surface area contributed by atoms with Crippen molar-refractivity contribution in [2.45, 2.75) is 77.7 Å². The first-order chi connectivity index (χ1) is 11.5. The highest BCUT2D eigenvalue weighted by Crippen LogP contribution is 2.48.